The molecule has 0 unspecified atom stereocenters. The van der Waals surface area contributed by atoms with Crippen LogP contribution in [0.3, 0.4) is 0 Å². The summed E-state index contributed by atoms with van der Waals surface area (Å²) >= 11 is 0. The van der Waals surface area contributed by atoms with E-state index in [-0.39, 0.29) is 0 Å². The molecular weight excluding hydrogens is 195 g/mol. The maximum absolute atomic E-state index is 4.91. The molecule has 16 heavy (non-hydrogen) atoms. The molecule has 1 aliphatic carbocycles. The van der Waals surface area contributed by atoms with Crippen LogP contribution in [-0.2, 0) is 0 Å². The van der Waals surface area contributed by atoms with Crippen molar-refractivity contribution in [3.05, 3.63) is 54.6 Å². The van der Waals surface area contributed by atoms with Crippen molar-refractivity contribution in [1.29, 1.82) is 0 Å². The molecule has 0 spiro atoms. The highest BCUT2D eigenvalue weighted by atomic mass is 16.4. The molecule has 0 saturated carbocycles. The molecule has 2 heteroatoms. The molecule has 0 radical (unpaired) electrons. The van der Waals surface area contributed by atoms with E-state index in [9.17, 15) is 0 Å². The second kappa shape index (κ2) is 8.84. The standard InChI is InChI=1S/C8H12.C6H7BO/c1-2-4-6-8-7-5-3-1;7-8-6-4-2-1-3-5-6/h1-4H,5-8H2;1-5H,7H2. The molecule has 0 aliphatic heterocycles. The average molecular weight is 214 g/mol. The fourth-order valence-electron chi connectivity index (χ4n) is 1.43. The molecule has 1 aliphatic rings. The SMILES string of the molecule is BOc1ccccc1.C1=CCCCCC=C1. The Balaban J connectivity index is 0.000000160. The number of para-hydroxylation sites is 1. The van der Waals surface area contributed by atoms with Gasteiger partial charge in [-0.05, 0) is 37.8 Å². The van der Waals surface area contributed by atoms with Crippen LogP contribution in [0, 0.1) is 0 Å². The topological polar surface area (TPSA) is 9.23 Å². The third kappa shape index (κ3) is 6.12. The average Bonchev–Trinajstić information content (AvgIpc) is 2.30. The quantitative estimate of drug-likeness (QED) is 0.652. The third-order valence-electron chi connectivity index (χ3n) is 2.35. The van der Waals surface area contributed by atoms with Crippen LogP contribution in [0.1, 0.15) is 25.7 Å². The van der Waals surface area contributed by atoms with Crippen LogP contribution in [0.25, 0.3) is 0 Å². The maximum atomic E-state index is 4.91. The van der Waals surface area contributed by atoms with E-state index in [1.165, 1.54) is 25.7 Å². The summed E-state index contributed by atoms with van der Waals surface area (Å²) in [6.45, 7) is 0. The zero-order valence-electron chi connectivity index (χ0n) is 9.93. The first kappa shape index (κ1) is 12.6. The number of hydrogen-bond acceptors (Lipinski definition) is 1. The van der Waals surface area contributed by atoms with Crippen LogP contribution >= 0.6 is 0 Å². The normalized spacial score (nSPS) is 14.2. The second-order valence-corrected chi connectivity index (χ2v) is 3.66. The van der Waals surface area contributed by atoms with E-state index in [0.717, 1.165) is 5.75 Å². The number of allylic oxidation sites excluding steroid dienone is 4. The minimum Gasteiger partial charge on any atom is -0.568 e. The summed E-state index contributed by atoms with van der Waals surface area (Å²) < 4.78 is 4.91. The summed E-state index contributed by atoms with van der Waals surface area (Å²) in [6.07, 6.45) is 14.0. The van der Waals surface area contributed by atoms with Gasteiger partial charge in [0.15, 0.2) is 0 Å². The second-order valence-electron chi connectivity index (χ2n) is 3.66. The minimum absolute atomic E-state index is 0.910. The van der Waals surface area contributed by atoms with Gasteiger partial charge in [-0.3, -0.25) is 0 Å². The van der Waals surface area contributed by atoms with Gasteiger partial charge >= 0.3 is 8.05 Å². The summed E-state index contributed by atoms with van der Waals surface area (Å²) in [5.74, 6) is 0.910. The first-order chi connectivity index (χ1) is 7.93. The lowest BCUT2D eigenvalue weighted by molar-refractivity contribution is 0.616. The maximum Gasteiger partial charge on any atom is 0.322 e. The largest absolute Gasteiger partial charge is 0.568 e. The molecule has 1 aromatic carbocycles. The van der Waals surface area contributed by atoms with Gasteiger partial charge in [-0.25, -0.2) is 0 Å². The molecule has 0 bridgehead atoms. The first-order valence-electron chi connectivity index (χ1n) is 5.84. The Hall–Kier alpha value is -1.44. The molecular formula is C14H19BO. The van der Waals surface area contributed by atoms with Crippen LogP contribution in [0.4, 0.5) is 0 Å². The molecule has 0 fully saturated rings. The van der Waals surface area contributed by atoms with Crippen molar-refractivity contribution >= 4 is 8.05 Å². The number of hydrogen-bond donors (Lipinski definition) is 0. The minimum atomic E-state index is 0.910. The Bertz CT molecular complexity index is 303. The predicted octanol–water partition coefficient (Wildman–Crippen LogP) is 3.29. The zero-order valence-corrected chi connectivity index (χ0v) is 9.93. The molecule has 84 valence electrons. The smallest absolute Gasteiger partial charge is 0.322 e. The molecule has 0 heterocycles. The van der Waals surface area contributed by atoms with Crippen molar-refractivity contribution in [2.75, 3.05) is 0 Å². The molecule has 2 rings (SSSR count). The molecule has 0 aromatic heterocycles. The highest BCUT2D eigenvalue weighted by molar-refractivity contribution is 5.99. The summed E-state index contributed by atoms with van der Waals surface area (Å²) in [4.78, 5) is 0. The van der Waals surface area contributed by atoms with Gasteiger partial charge in [0, 0.05) is 0 Å². The van der Waals surface area contributed by atoms with Gasteiger partial charge in [0.2, 0.25) is 0 Å². The molecule has 0 amide bonds. The Morgan fingerprint density at radius 2 is 1.44 bits per heavy atom. The van der Waals surface area contributed by atoms with E-state index >= 15 is 0 Å². The molecule has 0 saturated heterocycles. The molecule has 1 aromatic rings. The van der Waals surface area contributed by atoms with Crippen LogP contribution < -0.4 is 4.65 Å². The molecule has 1 nitrogen and oxygen atoms in total. The Labute approximate surface area is 99.3 Å². The van der Waals surface area contributed by atoms with E-state index in [2.05, 4.69) is 24.3 Å². The Morgan fingerprint density at radius 1 is 0.875 bits per heavy atom. The first-order valence-corrected chi connectivity index (χ1v) is 5.84. The van der Waals surface area contributed by atoms with E-state index in [1.807, 2.05) is 30.3 Å². The molecule has 0 atom stereocenters. The fraction of sp³-hybridized carbons (Fsp3) is 0.286. The lowest BCUT2D eigenvalue weighted by Gasteiger charge is -1.95. The molecule has 0 N–H and O–H groups in total. The van der Waals surface area contributed by atoms with Crippen LogP contribution in [0.5, 0.6) is 5.75 Å². The summed E-state index contributed by atoms with van der Waals surface area (Å²) in [7, 11) is 1.66. The van der Waals surface area contributed by atoms with Crippen molar-refractivity contribution < 1.29 is 4.65 Å². The van der Waals surface area contributed by atoms with Crippen LogP contribution in [-0.4, -0.2) is 8.05 Å². The summed E-state index contributed by atoms with van der Waals surface area (Å²) in [6, 6.07) is 9.68. The highest BCUT2D eigenvalue weighted by Gasteiger charge is 1.84. The fourth-order valence-corrected chi connectivity index (χ4v) is 1.43. The van der Waals surface area contributed by atoms with E-state index < -0.39 is 0 Å². The monoisotopic (exact) mass is 214 g/mol. The van der Waals surface area contributed by atoms with Gasteiger partial charge < -0.3 is 4.65 Å². The summed E-state index contributed by atoms with van der Waals surface area (Å²) in [5, 5.41) is 0. The highest BCUT2D eigenvalue weighted by Crippen LogP contribution is 2.05. The van der Waals surface area contributed by atoms with Gasteiger partial charge in [-0.1, -0.05) is 42.5 Å². The Kier molecular flexibility index (Phi) is 6.98. The van der Waals surface area contributed by atoms with Crippen molar-refractivity contribution in [2.45, 2.75) is 25.7 Å². The Morgan fingerprint density at radius 3 is 1.88 bits per heavy atom. The zero-order chi connectivity index (χ0) is 11.5. The number of benzene rings is 1. The van der Waals surface area contributed by atoms with Crippen LogP contribution in [0.15, 0.2) is 54.6 Å². The van der Waals surface area contributed by atoms with Gasteiger partial charge in [0.1, 0.15) is 0 Å². The van der Waals surface area contributed by atoms with Crippen LogP contribution in [0.2, 0.25) is 0 Å². The van der Waals surface area contributed by atoms with E-state index in [1.54, 1.807) is 8.05 Å². The van der Waals surface area contributed by atoms with Crippen molar-refractivity contribution in [3.63, 3.8) is 0 Å². The summed E-state index contributed by atoms with van der Waals surface area (Å²) in [5.41, 5.74) is 0. The van der Waals surface area contributed by atoms with Crippen molar-refractivity contribution in [3.8, 4) is 5.75 Å². The van der Waals surface area contributed by atoms with E-state index in [0.29, 0.717) is 0 Å². The van der Waals surface area contributed by atoms with Crippen molar-refractivity contribution in [1.82, 2.24) is 0 Å². The van der Waals surface area contributed by atoms with Gasteiger partial charge in [0.25, 0.3) is 0 Å². The third-order valence-corrected chi connectivity index (χ3v) is 2.35. The number of rotatable bonds is 1. The van der Waals surface area contributed by atoms with Gasteiger partial charge in [0.05, 0.1) is 5.75 Å². The predicted molar refractivity (Wildman–Crippen MR) is 72.4 cm³/mol. The van der Waals surface area contributed by atoms with Crippen molar-refractivity contribution in [2.24, 2.45) is 0 Å². The van der Waals surface area contributed by atoms with Gasteiger partial charge in [-0.2, -0.15) is 0 Å². The lowest BCUT2D eigenvalue weighted by Crippen LogP contribution is -1.81. The lowest BCUT2D eigenvalue weighted by atomic mass is 10.1. The van der Waals surface area contributed by atoms with E-state index in [4.69, 9.17) is 4.65 Å². The van der Waals surface area contributed by atoms with Gasteiger partial charge in [-0.15, -0.1) is 0 Å².